The predicted molar refractivity (Wildman–Crippen MR) is 108 cm³/mol. The van der Waals surface area contributed by atoms with E-state index in [2.05, 4.69) is 44.6 Å². The number of carbonyl (C=O) groups is 1. The van der Waals surface area contributed by atoms with Crippen molar-refractivity contribution in [1.82, 2.24) is 5.43 Å². The molecule has 27 heavy (non-hydrogen) atoms. The van der Waals surface area contributed by atoms with Crippen LogP contribution in [0.2, 0.25) is 0 Å². The Morgan fingerprint density at radius 3 is 1.96 bits per heavy atom. The van der Waals surface area contributed by atoms with Crippen molar-refractivity contribution in [2.24, 2.45) is 5.10 Å². The van der Waals surface area contributed by atoms with Gasteiger partial charge in [0.25, 0.3) is 0 Å². The van der Waals surface area contributed by atoms with Crippen LogP contribution in [0.15, 0.2) is 53.6 Å². The molecule has 0 spiro atoms. The highest BCUT2D eigenvalue weighted by atomic mass is 16.5. The van der Waals surface area contributed by atoms with Crippen molar-refractivity contribution in [2.75, 3.05) is 48.0 Å². The molecule has 1 atom stereocenters. The molecule has 1 fully saturated rings. The number of benzene rings is 2. The standard InChI is InChI=1S/C20H23N5O2/c1-27-19-8-6-17(7-9-19)24-12-10-23(11-13-24)16-2-4-18(5-3-16)25-15-21-22-20(25)14-26/h2-9,14-15,20,22H,10-13H2,1H3. The SMILES string of the molecule is COc1ccc(N2CCN(c3ccc(N4C=NNC4C=O)cc3)CC2)cc1. The number of methoxy groups -OCH3 is 1. The van der Waals surface area contributed by atoms with E-state index in [1.807, 2.05) is 29.2 Å². The number of anilines is 3. The van der Waals surface area contributed by atoms with Gasteiger partial charge in [-0.25, -0.2) is 0 Å². The Kier molecular flexibility index (Phi) is 4.82. The Morgan fingerprint density at radius 2 is 1.44 bits per heavy atom. The predicted octanol–water partition coefficient (Wildman–Crippen LogP) is 1.90. The van der Waals surface area contributed by atoms with Crippen LogP contribution in [0.1, 0.15) is 0 Å². The largest absolute Gasteiger partial charge is 0.497 e. The number of hydrazone groups is 1. The second-order valence-corrected chi connectivity index (χ2v) is 6.55. The molecule has 140 valence electrons. The molecule has 1 N–H and O–H groups in total. The summed E-state index contributed by atoms with van der Waals surface area (Å²) >= 11 is 0. The van der Waals surface area contributed by atoms with Gasteiger partial charge in [0.2, 0.25) is 0 Å². The topological polar surface area (TPSA) is 60.4 Å². The van der Waals surface area contributed by atoms with Gasteiger partial charge in [-0.05, 0) is 48.5 Å². The molecule has 2 heterocycles. The molecule has 0 aliphatic carbocycles. The Labute approximate surface area is 158 Å². The third kappa shape index (κ3) is 3.53. The van der Waals surface area contributed by atoms with Crippen LogP contribution in [0, 0.1) is 0 Å². The van der Waals surface area contributed by atoms with Crippen LogP contribution in [-0.4, -0.2) is 52.1 Å². The first kappa shape index (κ1) is 17.2. The smallest absolute Gasteiger partial charge is 0.176 e. The third-order valence-electron chi connectivity index (χ3n) is 5.05. The fourth-order valence-corrected chi connectivity index (χ4v) is 3.48. The van der Waals surface area contributed by atoms with Crippen LogP contribution in [0.5, 0.6) is 5.75 Å². The second-order valence-electron chi connectivity index (χ2n) is 6.55. The fraction of sp³-hybridized carbons (Fsp3) is 0.300. The van der Waals surface area contributed by atoms with Crippen molar-refractivity contribution in [3.8, 4) is 5.75 Å². The summed E-state index contributed by atoms with van der Waals surface area (Å²) in [7, 11) is 1.69. The van der Waals surface area contributed by atoms with Gasteiger partial charge in [0, 0.05) is 43.2 Å². The molecule has 7 heteroatoms. The molecule has 7 nitrogen and oxygen atoms in total. The molecule has 0 bridgehead atoms. The molecule has 2 aliphatic rings. The highest BCUT2D eigenvalue weighted by Gasteiger charge is 2.21. The summed E-state index contributed by atoms with van der Waals surface area (Å²) in [4.78, 5) is 17.7. The second kappa shape index (κ2) is 7.57. The van der Waals surface area contributed by atoms with Gasteiger partial charge < -0.3 is 19.4 Å². The average Bonchev–Trinajstić information content (AvgIpc) is 3.23. The van der Waals surface area contributed by atoms with Crippen molar-refractivity contribution < 1.29 is 9.53 Å². The maximum absolute atomic E-state index is 11.1. The van der Waals surface area contributed by atoms with E-state index in [0.29, 0.717) is 0 Å². The minimum absolute atomic E-state index is 0.427. The number of hydrogen-bond acceptors (Lipinski definition) is 7. The lowest BCUT2D eigenvalue weighted by Crippen LogP contribution is -2.46. The Bertz CT molecular complexity index is 798. The van der Waals surface area contributed by atoms with Crippen LogP contribution in [0.25, 0.3) is 0 Å². The maximum atomic E-state index is 11.1. The van der Waals surface area contributed by atoms with E-state index in [-0.39, 0.29) is 0 Å². The van der Waals surface area contributed by atoms with Gasteiger partial charge in [-0.2, -0.15) is 5.10 Å². The molecule has 0 aromatic heterocycles. The van der Waals surface area contributed by atoms with Crippen LogP contribution < -0.4 is 24.9 Å². The average molecular weight is 365 g/mol. The highest BCUT2D eigenvalue weighted by Crippen LogP contribution is 2.25. The quantitative estimate of drug-likeness (QED) is 0.817. The molecular weight excluding hydrogens is 342 g/mol. The van der Waals surface area contributed by atoms with E-state index in [4.69, 9.17) is 4.74 Å². The number of nitrogens with one attached hydrogen (secondary N) is 1. The summed E-state index contributed by atoms with van der Waals surface area (Å²) in [5.74, 6) is 0.882. The van der Waals surface area contributed by atoms with Gasteiger partial charge in [-0.15, -0.1) is 0 Å². The van der Waals surface area contributed by atoms with Crippen molar-refractivity contribution in [1.29, 1.82) is 0 Å². The maximum Gasteiger partial charge on any atom is 0.176 e. The molecule has 4 rings (SSSR count). The van der Waals surface area contributed by atoms with Crippen LogP contribution in [0.3, 0.4) is 0 Å². The van der Waals surface area contributed by atoms with Crippen molar-refractivity contribution in [3.63, 3.8) is 0 Å². The van der Waals surface area contributed by atoms with Gasteiger partial charge in [-0.1, -0.05) is 0 Å². The first-order chi connectivity index (χ1) is 13.3. The number of aldehydes is 1. The minimum atomic E-state index is -0.427. The summed E-state index contributed by atoms with van der Waals surface area (Å²) < 4.78 is 5.23. The van der Waals surface area contributed by atoms with E-state index >= 15 is 0 Å². The third-order valence-corrected chi connectivity index (χ3v) is 5.05. The molecular formula is C20H23N5O2. The normalized spacial score (nSPS) is 19.1. The van der Waals surface area contributed by atoms with E-state index in [9.17, 15) is 4.79 Å². The van der Waals surface area contributed by atoms with E-state index < -0.39 is 6.17 Å². The number of carbonyl (C=O) groups excluding carboxylic acids is 1. The zero-order valence-corrected chi connectivity index (χ0v) is 15.3. The van der Waals surface area contributed by atoms with Gasteiger partial charge in [0.05, 0.1) is 7.11 Å². The van der Waals surface area contributed by atoms with Crippen molar-refractivity contribution >= 4 is 29.7 Å². The van der Waals surface area contributed by atoms with Crippen molar-refractivity contribution in [3.05, 3.63) is 48.5 Å². The van der Waals surface area contributed by atoms with Gasteiger partial charge >= 0.3 is 0 Å². The summed E-state index contributed by atoms with van der Waals surface area (Å²) in [5.41, 5.74) is 6.13. The highest BCUT2D eigenvalue weighted by molar-refractivity contribution is 5.87. The first-order valence-corrected chi connectivity index (χ1v) is 9.05. The van der Waals surface area contributed by atoms with Crippen LogP contribution >= 0.6 is 0 Å². The van der Waals surface area contributed by atoms with E-state index in [0.717, 1.165) is 43.9 Å². The van der Waals surface area contributed by atoms with E-state index in [1.165, 1.54) is 11.4 Å². The summed E-state index contributed by atoms with van der Waals surface area (Å²) in [6.45, 7) is 3.89. The number of hydrogen-bond donors (Lipinski definition) is 1. The lowest BCUT2D eigenvalue weighted by molar-refractivity contribution is -0.109. The van der Waals surface area contributed by atoms with Crippen LogP contribution in [-0.2, 0) is 4.79 Å². The molecule has 1 saturated heterocycles. The minimum Gasteiger partial charge on any atom is -0.497 e. The molecule has 0 amide bonds. The lowest BCUT2D eigenvalue weighted by atomic mass is 10.2. The van der Waals surface area contributed by atoms with Crippen LogP contribution in [0.4, 0.5) is 17.1 Å². The molecule has 2 aromatic rings. The van der Waals surface area contributed by atoms with E-state index in [1.54, 1.807) is 13.4 Å². The molecule has 0 saturated carbocycles. The molecule has 0 radical (unpaired) electrons. The molecule has 1 unspecified atom stereocenters. The lowest BCUT2D eigenvalue weighted by Gasteiger charge is -2.37. The Balaban J connectivity index is 1.38. The number of rotatable bonds is 5. The number of piperazine rings is 1. The summed E-state index contributed by atoms with van der Waals surface area (Å²) in [5, 5.41) is 3.95. The summed E-state index contributed by atoms with van der Waals surface area (Å²) in [6, 6.07) is 16.5. The van der Waals surface area contributed by atoms with Gasteiger partial charge in [-0.3, -0.25) is 10.2 Å². The Morgan fingerprint density at radius 1 is 0.926 bits per heavy atom. The molecule has 2 aromatic carbocycles. The zero-order valence-electron chi connectivity index (χ0n) is 15.3. The molecule has 2 aliphatic heterocycles. The zero-order chi connectivity index (χ0) is 18.6. The number of ether oxygens (including phenoxy) is 1. The van der Waals surface area contributed by atoms with Gasteiger partial charge in [0.1, 0.15) is 12.1 Å². The Hall–Kier alpha value is -3.22. The fourth-order valence-electron chi connectivity index (χ4n) is 3.48. The van der Waals surface area contributed by atoms with Gasteiger partial charge in [0.15, 0.2) is 12.5 Å². The number of nitrogens with zero attached hydrogens (tertiary/aromatic N) is 4. The monoisotopic (exact) mass is 365 g/mol. The van der Waals surface area contributed by atoms with Crippen molar-refractivity contribution in [2.45, 2.75) is 6.17 Å². The summed E-state index contributed by atoms with van der Waals surface area (Å²) in [6.07, 6.45) is 2.06. The first-order valence-electron chi connectivity index (χ1n) is 9.05.